The van der Waals surface area contributed by atoms with Gasteiger partial charge in [-0.1, -0.05) is 43.7 Å². The fourth-order valence-corrected chi connectivity index (χ4v) is 1.94. The Morgan fingerprint density at radius 1 is 1.05 bits per heavy atom. The average Bonchev–Trinajstić information content (AvgIpc) is 2.87. The van der Waals surface area contributed by atoms with Gasteiger partial charge in [0.15, 0.2) is 0 Å². The van der Waals surface area contributed by atoms with Gasteiger partial charge in [-0.05, 0) is 36.6 Å². The molecule has 0 saturated carbocycles. The Bertz CT molecular complexity index is 492. The number of hydrogen-bond donors (Lipinski definition) is 0. The summed E-state index contributed by atoms with van der Waals surface area (Å²) in [5.41, 5.74) is 4.65. The van der Waals surface area contributed by atoms with Crippen molar-refractivity contribution in [2.45, 2.75) is 27.2 Å². The monoisotopic (exact) mass is 257 g/mol. The lowest BCUT2D eigenvalue weighted by atomic mass is 10.0. The number of hydrogen-bond acceptors (Lipinski definition) is 1. The molecule has 0 unspecified atom stereocenters. The molecule has 1 aromatic carbocycles. The van der Waals surface area contributed by atoms with E-state index in [0.717, 1.165) is 12.0 Å². The van der Waals surface area contributed by atoms with Crippen LogP contribution in [0, 0.1) is 0 Å². The lowest BCUT2D eigenvalue weighted by Gasteiger charge is -2.11. The van der Waals surface area contributed by atoms with Crippen molar-refractivity contribution in [3.05, 3.63) is 53.1 Å². The maximum absolute atomic E-state index is 11.7. The first-order valence-electron chi connectivity index (χ1n) is 6.76. The van der Waals surface area contributed by atoms with E-state index in [1.54, 1.807) is 19.0 Å². The van der Waals surface area contributed by atoms with E-state index >= 15 is 0 Å². The number of amides is 1. The van der Waals surface area contributed by atoms with E-state index in [1.807, 2.05) is 38.1 Å². The van der Waals surface area contributed by atoms with Crippen molar-refractivity contribution in [3.63, 3.8) is 0 Å². The molecule has 1 aliphatic rings. The Balaban J connectivity index is 0.000000861. The molecule has 2 heteroatoms. The van der Waals surface area contributed by atoms with Gasteiger partial charge in [-0.15, -0.1) is 0 Å². The molecule has 102 valence electrons. The van der Waals surface area contributed by atoms with Crippen LogP contribution >= 0.6 is 0 Å². The molecule has 0 bridgehead atoms. The van der Waals surface area contributed by atoms with Gasteiger partial charge in [-0.3, -0.25) is 4.79 Å². The van der Waals surface area contributed by atoms with Crippen molar-refractivity contribution >= 4 is 11.5 Å². The van der Waals surface area contributed by atoms with Crippen LogP contribution in [0.3, 0.4) is 0 Å². The largest absolute Gasteiger partial charge is 0.345 e. The molecule has 0 aliphatic heterocycles. The summed E-state index contributed by atoms with van der Waals surface area (Å²) in [6, 6.07) is 7.84. The minimum absolute atomic E-state index is 0.0475. The van der Waals surface area contributed by atoms with Crippen molar-refractivity contribution in [2.24, 2.45) is 0 Å². The maximum atomic E-state index is 11.7. The second-order valence-corrected chi connectivity index (χ2v) is 4.66. The van der Waals surface area contributed by atoms with E-state index in [-0.39, 0.29) is 5.91 Å². The van der Waals surface area contributed by atoms with E-state index in [2.05, 4.69) is 19.1 Å². The third-order valence-corrected chi connectivity index (χ3v) is 2.95. The molecule has 2 rings (SSSR count). The lowest BCUT2D eigenvalue weighted by Crippen LogP contribution is -2.21. The maximum Gasteiger partial charge on any atom is 0.253 e. The minimum atomic E-state index is 0.0475. The van der Waals surface area contributed by atoms with E-state index < -0.39 is 0 Å². The zero-order valence-electron chi connectivity index (χ0n) is 12.5. The number of rotatable bonds is 2. The van der Waals surface area contributed by atoms with Crippen LogP contribution in [-0.2, 0) is 0 Å². The van der Waals surface area contributed by atoms with E-state index in [1.165, 1.54) is 16.7 Å². The topological polar surface area (TPSA) is 20.3 Å². The zero-order valence-corrected chi connectivity index (χ0v) is 12.5. The third kappa shape index (κ3) is 3.82. The summed E-state index contributed by atoms with van der Waals surface area (Å²) in [5.74, 6) is 0.0475. The Morgan fingerprint density at radius 2 is 1.63 bits per heavy atom. The molecule has 0 spiro atoms. The SMILES string of the molecule is CC.CC1=CC=C(c2ccc(C(=O)N(C)C)cc2)C1. The average molecular weight is 257 g/mol. The van der Waals surface area contributed by atoms with Crippen molar-refractivity contribution < 1.29 is 4.79 Å². The summed E-state index contributed by atoms with van der Waals surface area (Å²) in [7, 11) is 3.53. The molecule has 0 fully saturated rings. The molecule has 2 nitrogen and oxygen atoms in total. The molecule has 1 aromatic rings. The van der Waals surface area contributed by atoms with E-state index in [0.29, 0.717) is 0 Å². The normalized spacial score (nSPS) is 13.1. The van der Waals surface area contributed by atoms with E-state index in [4.69, 9.17) is 0 Å². The smallest absolute Gasteiger partial charge is 0.253 e. The first-order valence-corrected chi connectivity index (χ1v) is 6.76. The fraction of sp³-hybridized carbons (Fsp3) is 0.353. The predicted octanol–water partition coefficient (Wildman–Crippen LogP) is 4.15. The number of allylic oxidation sites excluding steroid dienone is 4. The Hall–Kier alpha value is -1.83. The molecular formula is C17H23NO. The molecule has 1 aliphatic carbocycles. The molecule has 1 amide bonds. The molecule has 0 N–H and O–H groups in total. The summed E-state index contributed by atoms with van der Waals surface area (Å²) in [5, 5.41) is 0. The molecule has 19 heavy (non-hydrogen) atoms. The Labute approximate surface area is 116 Å². The van der Waals surface area contributed by atoms with Crippen LogP contribution in [0.5, 0.6) is 0 Å². The minimum Gasteiger partial charge on any atom is -0.345 e. The van der Waals surface area contributed by atoms with Crippen LogP contribution in [0.2, 0.25) is 0 Å². The van der Waals surface area contributed by atoms with Gasteiger partial charge < -0.3 is 4.90 Å². The highest BCUT2D eigenvalue weighted by Crippen LogP contribution is 2.27. The lowest BCUT2D eigenvalue weighted by molar-refractivity contribution is 0.0827. The fourth-order valence-electron chi connectivity index (χ4n) is 1.94. The van der Waals surface area contributed by atoms with Crippen molar-refractivity contribution in [2.75, 3.05) is 14.1 Å². The summed E-state index contributed by atoms with van der Waals surface area (Å²) >= 11 is 0. The number of benzene rings is 1. The summed E-state index contributed by atoms with van der Waals surface area (Å²) < 4.78 is 0. The van der Waals surface area contributed by atoms with Gasteiger partial charge >= 0.3 is 0 Å². The van der Waals surface area contributed by atoms with Gasteiger partial charge in [0.05, 0.1) is 0 Å². The predicted molar refractivity (Wildman–Crippen MR) is 82.2 cm³/mol. The van der Waals surface area contributed by atoms with Crippen LogP contribution in [-0.4, -0.2) is 24.9 Å². The highest BCUT2D eigenvalue weighted by Gasteiger charge is 2.10. The molecular weight excluding hydrogens is 234 g/mol. The Morgan fingerprint density at radius 3 is 2.05 bits per heavy atom. The van der Waals surface area contributed by atoms with E-state index in [9.17, 15) is 4.79 Å². The number of nitrogens with zero attached hydrogens (tertiary/aromatic N) is 1. The second-order valence-electron chi connectivity index (χ2n) is 4.66. The molecule has 0 atom stereocenters. The Kier molecular flexibility index (Phi) is 5.56. The summed E-state index contributed by atoms with van der Waals surface area (Å²) in [6.07, 6.45) is 5.31. The zero-order chi connectivity index (χ0) is 14.4. The van der Waals surface area contributed by atoms with Crippen LogP contribution in [0.1, 0.15) is 43.1 Å². The molecule has 0 aromatic heterocycles. The van der Waals surface area contributed by atoms with Gasteiger partial charge in [-0.2, -0.15) is 0 Å². The molecule has 0 saturated heterocycles. The standard InChI is InChI=1S/C15H17NO.C2H6/c1-11-4-5-14(10-11)12-6-8-13(9-7-12)15(17)16(2)3;1-2/h4-9H,10H2,1-3H3;1-2H3. The van der Waals surface area contributed by atoms with Gasteiger partial charge in [0.2, 0.25) is 0 Å². The van der Waals surface area contributed by atoms with Crippen molar-refractivity contribution in [1.82, 2.24) is 4.90 Å². The highest BCUT2D eigenvalue weighted by molar-refractivity contribution is 5.94. The first kappa shape index (κ1) is 15.2. The number of carbonyl (C=O) groups excluding carboxylic acids is 1. The van der Waals surface area contributed by atoms with Gasteiger partial charge in [0, 0.05) is 19.7 Å². The van der Waals surface area contributed by atoms with Gasteiger partial charge in [0.1, 0.15) is 0 Å². The molecule has 0 radical (unpaired) electrons. The number of carbonyl (C=O) groups is 1. The van der Waals surface area contributed by atoms with Crippen LogP contribution in [0.25, 0.3) is 5.57 Å². The van der Waals surface area contributed by atoms with Crippen LogP contribution in [0.4, 0.5) is 0 Å². The van der Waals surface area contributed by atoms with Crippen LogP contribution < -0.4 is 0 Å². The van der Waals surface area contributed by atoms with Crippen molar-refractivity contribution in [3.8, 4) is 0 Å². The third-order valence-electron chi connectivity index (χ3n) is 2.95. The quantitative estimate of drug-likeness (QED) is 0.779. The second kappa shape index (κ2) is 6.93. The van der Waals surface area contributed by atoms with Gasteiger partial charge in [-0.25, -0.2) is 0 Å². The first-order chi connectivity index (χ1) is 9.08. The highest BCUT2D eigenvalue weighted by atomic mass is 16.2. The molecule has 0 heterocycles. The van der Waals surface area contributed by atoms with Gasteiger partial charge in [0.25, 0.3) is 5.91 Å². The summed E-state index contributed by atoms with van der Waals surface area (Å²) in [6.45, 7) is 6.13. The summed E-state index contributed by atoms with van der Waals surface area (Å²) in [4.78, 5) is 13.3. The van der Waals surface area contributed by atoms with Crippen LogP contribution in [0.15, 0.2) is 42.0 Å². The van der Waals surface area contributed by atoms with Crippen molar-refractivity contribution in [1.29, 1.82) is 0 Å².